The molecular weight excluding hydrogens is 214 g/mol. The number of anilines is 1. The Morgan fingerprint density at radius 1 is 1.47 bits per heavy atom. The van der Waals surface area contributed by atoms with Gasteiger partial charge in [0.1, 0.15) is 0 Å². The largest absolute Gasteiger partial charge is 0.465 e. The molecule has 0 aromatic heterocycles. The van der Waals surface area contributed by atoms with Crippen molar-refractivity contribution in [3.63, 3.8) is 0 Å². The molecule has 0 unspecified atom stereocenters. The topological polar surface area (TPSA) is 29.5 Å². The zero-order valence-electron chi connectivity index (χ0n) is 10.3. The summed E-state index contributed by atoms with van der Waals surface area (Å²) in [6.07, 6.45) is 6.86. The van der Waals surface area contributed by atoms with Gasteiger partial charge in [-0.05, 0) is 18.6 Å². The molecule has 0 heterocycles. The number of methoxy groups -OCH3 is 1. The van der Waals surface area contributed by atoms with Gasteiger partial charge in [-0.3, -0.25) is 0 Å². The van der Waals surface area contributed by atoms with Crippen LogP contribution in [0.15, 0.2) is 24.3 Å². The summed E-state index contributed by atoms with van der Waals surface area (Å²) in [5, 5.41) is 0. The fourth-order valence-corrected chi connectivity index (χ4v) is 1.63. The molecule has 3 nitrogen and oxygen atoms in total. The van der Waals surface area contributed by atoms with Gasteiger partial charge in [0.05, 0.1) is 18.4 Å². The summed E-state index contributed by atoms with van der Waals surface area (Å²) in [7, 11) is 3.33. The zero-order chi connectivity index (χ0) is 12.7. The normalized spacial score (nSPS) is 9.47. The predicted molar refractivity (Wildman–Crippen MR) is 69.1 cm³/mol. The third-order valence-corrected chi connectivity index (χ3v) is 2.54. The number of terminal acetylenes is 1. The molecule has 0 saturated heterocycles. The molecule has 90 valence electrons. The van der Waals surface area contributed by atoms with Gasteiger partial charge in [0.15, 0.2) is 0 Å². The lowest BCUT2D eigenvalue weighted by molar-refractivity contribution is 0.0601. The Balaban J connectivity index is 2.82. The van der Waals surface area contributed by atoms with Crippen LogP contribution in [0.2, 0.25) is 0 Å². The van der Waals surface area contributed by atoms with Crippen LogP contribution in [0.4, 0.5) is 5.69 Å². The van der Waals surface area contributed by atoms with Crippen LogP contribution in [0.5, 0.6) is 0 Å². The molecule has 0 spiro atoms. The molecule has 0 bridgehead atoms. The quantitative estimate of drug-likeness (QED) is 0.442. The van der Waals surface area contributed by atoms with Crippen molar-refractivity contribution >= 4 is 11.7 Å². The maximum atomic E-state index is 11.6. The number of hydrogen-bond donors (Lipinski definition) is 0. The first-order chi connectivity index (χ1) is 8.20. The van der Waals surface area contributed by atoms with Gasteiger partial charge in [0.2, 0.25) is 0 Å². The standard InChI is InChI=1S/C14H17NO2/c1-4-5-8-11-15(2)13-10-7-6-9-12(13)14(16)17-3/h1,6-7,9-10H,5,8,11H2,2-3H3. The van der Waals surface area contributed by atoms with E-state index < -0.39 is 0 Å². The highest BCUT2D eigenvalue weighted by molar-refractivity contribution is 5.95. The van der Waals surface area contributed by atoms with E-state index in [1.165, 1.54) is 7.11 Å². The molecule has 1 rings (SSSR count). The number of rotatable bonds is 5. The summed E-state index contributed by atoms with van der Waals surface area (Å²) in [5.41, 5.74) is 1.45. The first-order valence-corrected chi connectivity index (χ1v) is 5.52. The summed E-state index contributed by atoms with van der Waals surface area (Å²) in [6.45, 7) is 0.818. The maximum absolute atomic E-state index is 11.6. The summed E-state index contributed by atoms with van der Waals surface area (Å²) >= 11 is 0. The van der Waals surface area contributed by atoms with Crippen molar-refractivity contribution in [1.82, 2.24) is 0 Å². The molecule has 0 radical (unpaired) electrons. The molecule has 0 aliphatic heterocycles. The number of hydrogen-bond acceptors (Lipinski definition) is 3. The predicted octanol–water partition coefficient (Wildman–Crippen LogP) is 2.32. The van der Waals surface area contributed by atoms with E-state index in [0.717, 1.165) is 25.1 Å². The van der Waals surface area contributed by atoms with Crippen LogP contribution in [0.3, 0.4) is 0 Å². The van der Waals surface area contributed by atoms with Crippen LogP contribution in [0.1, 0.15) is 23.2 Å². The van der Waals surface area contributed by atoms with Crippen molar-refractivity contribution in [2.75, 3.05) is 25.6 Å². The van der Waals surface area contributed by atoms with E-state index in [-0.39, 0.29) is 5.97 Å². The molecule has 1 aromatic carbocycles. The van der Waals surface area contributed by atoms with Crippen molar-refractivity contribution in [2.45, 2.75) is 12.8 Å². The first kappa shape index (κ1) is 13.1. The van der Waals surface area contributed by atoms with Crippen molar-refractivity contribution in [3.05, 3.63) is 29.8 Å². The lowest BCUT2D eigenvalue weighted by atomic mass is 10.1. The third-order valence-electron chi connectivity index (χ3n) is 2.54. The lowest BCUT2D eigenvalue weighted by Gasteiger charge is -2.21. The number of nitrogens with zero attached hydrogens (tertiary/aromatic N) is 1. The monoisotopic (exact) mass is 231 g/mol. The fraction of sp³-hybridized carbons (Fsp3) is 0.357. The Hall–Kier alpha value is -1.95. The van der Waals surface area contributed by atoms with Crippen LogP contribution >= 0.6 is 0 Å². The molecule has 0 amide bonds. The van der Waals surface area contributed by atoms with E-state index >= 15 is 0 Å². The molecule has 0 saturated carbocycles. The highest BCUT2D eigenvalue weighted by atomic mass is 16.5. The molecule has 0 atom stereocenters. The van der Waals surface area contributed by atoms with Gasteiger partial charge >= 0.3 is 5.97 Å². The van der Waals surface area contributed by atoms with Gasteiger partial charge in [0.25, 0.3) is 0 Å². The summed E-state index contributed by atoms with van der Waals surface area (Å²) in [5.74, 6) is 2.29. The van der Waals surface area contributed by atoms with Crippen LogP contribution in [0.25, 0.3) is 0 Å². The highest BCUT2D eigenvalue weighted by Crippen LogP contribution is 2.20. The molecule has 17 heavy (non-hydrogen) atoms. The molecule has 0 aliphatic rings. The van der Waals surface area contributed by atoms with E-state index in [0.29, 0.717) is 5.56 Å². The van der Waals surface area contributed by atoms with E-state index in [1.54, 1.807) is 6.07 Å². The Labute approximate surface area is 102 Å². The van der Waals surface area contributed by atoms with Crippen LogP contribution in [-0.4, -0.2) is 26.7 Å². The van der Waals surface area contributed by atoms with Crippen molar-refractivity contribution in [2.24, 2.45) is 0 Å². The maximum Gasteiger partial charge on any atom is 0.339 e. The number of benzene rings is 1. The van der Waals surface area contributed by atoms with Crippen LogP contribution in [-0.2, 0) is 4.74 Å². The van der Waals surface area contributed by atoms with Gasteiger partial charge < -0.3 is 9.64 Å². The Kier molecular flexibility index (Phi) is 5.09. The van der Waals surface area contributed by atoms with Crippen molar-refractivity contribution < 1.29 is 9.53 Å². The molecule has 0 fully saturated rings. The number of ether oxygens (including phenoxy) is 1. The Morgan fingerprint density at radius 2 is 2.18 bits per heavy atom. The van der Waals surface area contributed by atoms with E-state index in [1.807, 2.05) is 30.1 Å². The molecular formula is C14H17NO2. The third kappa shape index (κ3) is 3.53. The second-order valence-electron chi connectivity index (χ2n) is 3.74. The first-order valence-electron chi connectivity index (χ1n) is 5.52. The number of carbonyl (C=O) groups is 1. The average molecular weight is 231 g/mol. The smallest absolute Gasteiger partial charge is 0.339 e. The molecule has 0 N–H and O–H groups in total. The summed E-state index contributed by atoms with van der Waals surface area (Å²) < 4.78 is 4.75. The molecule has 3 heteroatoms. The SMILES string of the molecule is C#CCCCN(C)c1ccccc1C(=O)OC. The van der Waals surface area contributed by atoms with Gasteiger partial charge in [-0.1, -0.05) is 12.1 Å². The Morgan fingerprint density at radius 3 is 2.82 bits per heavy atom. The van der Waals surface area contributed by atoms with E-state index in [2.05, 4.69) is 5.92 Å². The second-order valence-corrected chi connectivity index (χ2v) is 3.74. The van der Waals surface area contributed by atoms with Crippen molar-refractivity contribution in [1.29, 1.82) is 0 Å². The van der Waals surface area contributed by atoms with Crippen molar-refractivity contribution in [3.8, 4) is 12.3 Å². The van der Waals surface area contributed by atoms with Gasteiger partial charge in [-0.2, -0.15) is 0 Å². The van der Waals surface area contributed by atoms with Gasteiger partial charge in [0, 0.05) is 20.0 Å². The van der Waals surface area contributed by atoms with E-state index in [4.69, 9.17) is 11.2 Å². The van der Waals surface area contributed by atoms with Gasteiger partial charge in [-0.15, -0.1) is 12.3 Å². The fourth-order valence-electron chi connectivity index (χ4n) is 1.63. The number of carbonyl (C=O) groups excluding carboxylic acids is 1. The molecule has 0 aliphatic carbocycles. The van der Waals surface area contributed by atoms with E-state index in [9.17, 15) is 4.79 Å². The Bertz CT molecular complexity index is 420. The van der Waals surface area contributed by atoms with Gasteiger partial charge in [-0.25, -0.2) is 4.79 Å². The minimum absolute atomic E-state index is 0.315. The van der Waals surface area contributed by atoms with Crippen LogP contribution < -0.4 is 4.90 Å². The second kappa shape index (κ2) is 6.59. The summed E-state index contributed by atoms with van der Waals surface area (Å²) in [4.78, 5) is 13.6. The van der Waals surface area contributed by atoms with Crippen LogP contribution in [0, 0.1) is 12.3 Å². The minimum atomic E-state index is -0.315. The minimum Gasteiger partial charge on any atom is -0.465 e. The number of unbranched alkanes of at least 4 members (excludes halogenated alkanes) is 1. The summed E-state index contributed by atoms with van der Waals surface area (Å²) in [6, 6.07) is 7.39. The number of para-hydroxylation sites is 1. The molecule has 1 aromatic rings. The highest BCUT2D eigenvalue weighted by Gasteiger charge is 2.13. The zero-order valence-corrected chi connectivity index (χ0v) is 10.3. The lowest BCUT2D eigenvalue weighted by Crippen LogP contribution is -2.21. The number of esters is 1. The average Bonchev–Trinajstić information content (AvgIpc) is 2.38.